The molecular formula is C24H25F3N2O4S. The molecule has 0 fully saturated rings. The standard InChI is InChI=1S/C24H25F3N2O4S/c1-34(31,32)29(20-10-5-9-19(17-20)24(25,26)27)15-6-13-23(30)28-14-16-33-22-12-4-8-18-7-2-3-11-21(18)22/h2-5,7-12,17H,6,13-16H2,1H3,(H,28,30). The number of nitrogens with one attached hydrogen (secondary N) is 1. The number of carbonyl (C=O) groups excluding carboxylic acids is 1. The largest absolute Gasteiger partial charge is 0.491 e. The van der Waals surface area contributed by atoms with Gasteiger partial charge in [0.05, 0.1) is 24.1 Å². The van der Waals surface area contributed by atoms with E-state index in [9.17, 15) is 26.4 Å². The molecule has 0 aromatic heterocycles. The van der Waals surface area contributed by atoms with E-state index in [2.05, 4.69) is 5.32 Å². The van der Waals surface area contributed by atoms with Gasteiger partial charge in [-0.1, -0.05) is 42.5 Å². The number of carbonyl (C=O) groups is 1. The van der Waals surface area contributed by atoms with Crippen molar-refractivity contribution in [3.63, 3.8) is 0 Å². The van der Waals surface area contributed by atoms with Gasteiger partial charge in [0.2, 0.25) is 15.9 Å². The summed E-state index contributed by atoms with van der Waals surface area (Å²) >= 11 is 0. The van der Waals surface area contributed by atoms with Crippen molar-refractivity contribution in [2.45, 2.75) is 19.0 Å². The van der Waals surface area contributed by atoms with E-state index in [-0.39, 0.29) is 44.1 Å². The summed E-state index contributed by atoms with van der Waals surface area (Å²) in [5.74, 6) is 0.399. The average Bonchev–Trinajstić information content (AvgIpc) is 2.78. The molecule has 1 amide bonds. The maximum Gasteiger partial charge on any atom is 0.416 e. The number of hydrogen-bond donors (Lipinski definition) is 1. The third-order valence-electron chi connectivity index (χ3n) is 5.06. The predicted octanol–water partition coefficient (Wildman–Crippen LogP) is 4.60. The van der Waals surface area contributed by atoms with E-state index in [1.807, 2.05) is 42.5 Å². The minimum Gasteiger partial charge on any atom is -0.491 e. The number of alkyl halides is 3. The predicted molar refractivity (Wildman–Crippen MR) is 125 cm³/mol. The van der Waals surface area contributed by atoms with E-state index < -0.39 is 21.8 Å². The molecule has 0 atom stereocenters. The van der Waals surface area contributed by atoms with Crippen molar-refractivity contribution >= 4 is 32.4 Å². The molecule has 1 N–H and O–H groups in total. The summed E-state index contributed by atoms with van der Waals surface area (Å²) in [6.07, 6.45) is -3.52. The molecule has 3 aromatic rings. The number of hydrogen-bond acceptors (Lipinski definition) is 4. The Morgan fingerprint density at radius 2 is 1.74 bits per heavy atom. The lowest BCUT2D eigenvalue weighted by molar-refractivity contribution is -0.137. The van der Waals surface area contributed by atoms with Gasteiger partial charge in [0, 0.05) is 18.4 Å². The molecule has 0 unspecified atom stereocenters. The van der Waals surface area contributed by atoms with Gasteiger partial charge in [-0.05, 0) is 36.1 Å². The lowest BCUT2D eigenvalue weighted by Crippen LogP contribution is -2.33. The fourth-order valence-electron chi connectivity index (χ4n) is 3.47. The molecule has 34 heavy (non-hydrogen) atoms. The number of ether oxygens (including phenoxy) is 1. The number of fused-ring (bicyclic) bond motifs is 1. The third-order valence-corrected chi connectivity index (χ3v) is 6.25. The topological polar surface area (TPSA) is 75.7 Å². The molecule has 0 heterocycles. The maximum atomic E-state index is 13.0. The zero-order valence-corrected chi connectivity index (χ0v) is 19.3. The number of nitrogens with zero attached hydrogens (tertiary/aromatic N) is 1. The van der Waals surface area contributed by atoms with Gasteiger partial charge in [-0.15, -0.1) is 0 Å². The first-order valence-corrected chi connectivity index (χ1v) is 12.4. The van der Waals surface area contributed by atoms with Crippen molar-refractivity contribution in [1.29, 1.82) is 0 Å². The Labute approximate surface area is 196 Å². The van der Waals surface area contributed by atoms with E-state index in [1.165, 1.54) is 6.07 Å². The number of rotatable bonds is 10. The highest BCUT2D eigenvalue weighted by Gasteiger charge is 2.31. The molecule has 0 aliphatic carbocycles. The Morgan fingerprint density at radius 3 is 2.47 bits per heavy atom. The van der Waals surface area contributed by atoms with Crippen molar-refractivity contribution in [3.8, 4) is 5.75 Å². The average molecular weight is 495 g/mol. The smallest absolute Gasteiger partial charge is 0.416 e. The quantitative estimate of drug-likeness (QED) is 0.418. The van der Waals surface area contributed by atoms with E-state index in [4.69, 9.17) is 4.74 Å². The fourth-order valence-corrected chi connectivity index (χ4v) is 4.43. The zero-order chi connectivity index (χ0) is 24.8. The Kier molecular flexibility index (Phi) is 8.03. The molecule has 0 saturated carbocycles. The van der Waals surface area contributed by atoms with Gasteiger partial charge in [-0.2, -0.15) is 13.2 Å². The van der Waals surface area contributed by atoms with Gasteiger partial charge in [0.1, 0.15) is 12.4 Å². The van der Waals surface area contributed by atoms with Crippen LogP contribution in [0.3, 0.4) is 0 Å². The first-order valence-electron chi connectivity index (χ1n) is 10.6. The van der Waals surface area contributed by atoms with Crippen LogP contribution in [-0.4, -0.2) is 40.3 Å². The number of anilines is 1. The van der Waals surface area contributed by atoms with E-state index >= 15 is 0 Å². The summed E-state index contributed by atoms with van der Waals surface area (Å²) < 4.78 is 69.9. The molecule has 3 rings (SSSR count). The van der Waals surface area contributed by atoms with Crippen LogP contribution in [-0.2, 0) is 21.0 Å². The summed E-state index contributed by atoms with van der Waals surface area (Å²) in [5.41, 5.74) is -1.04. The van der Waals surface area contributed by atoms with Crippen molar-refractivity contribution in [3.05, 3.63) is 72.3 Å². The zero-order valence-electron chi connectivity index (χ0n) is 18.5. The van der Waals surface area contributed by atoms with Crippen LogP contribution in [0.4, 0.5) is 18.9 Å². The van der Waals surface area contributed by atoms with Crippen molar-refractivity contribution in [2.75, 3.05) is 30.3 Å². The van der Waals surface area contributed by atoms with Gasteiger partial charge < -0.3 is 10.1 Å². The van der Waals surface area contributed by atoms with Crippen molar-refractivity contribution in [2.24, 2.45) is 0 Å². The minimum absolute atomic E-state index is 0.0131. The molecule has 0 spiro atoms. The molecular weight excluding hydrogens is 469 g/mol. The summed E-state index contributed by atoms with van der Waals surface area (Å²) in [7, 11) is -3.83. The highest BCUT2D eigenvalue weighted by molar-refractivity contribution is 7.92. The summed E-state index contributed by atoms with van der Waals surface area (Å²) in [5, 5.41) is 4.71. The molecule has 3 aromatic carbocycles. The first kappa shape index (κ1) is 25.4. The van der Waals surface area contributed by atoms with Gasteiger partial charge in [-0.25, -0.2) is 8.42 Å². The number of sulfonamides is 1. The Hall–Kier alpha value is -3.27. The molecule has 6 nitrogen and oxygen atoms in total. The van der Waals surface area contributed by atoms with E-state index in [0.717, 1.165) is 39.5 Å². The highest BCUT2D eigenvalue weighted by atomic mass is 32.2. The Balaban J connectivity index is 1.49. The second-order valence-electron chi connectivity index (χ2n) is 7.66. The normalized spacial score (nSPS) is 11.9. The molecule has 0 bridgehead atoms. The number of halogens is 3. The lowest BCUT2D eigenvalue weighted by Gasteiger charge is -2.23. The molecule has 10 heteroatoms. The fraction of sp³-hybridized carbons (Fsp3) is 0.292. The van der Waals surface area contributed by atoms with Crippen LogP contribution >= 0.6 is 0 Å². The maximum absolute atomic E-state index is 13.0. The van der Waals surface area contributed by atoms with Gasteiger partial charge >= 0.3 is 6.18 Å². The second-order valence-corrected chi connectivity index (χ2v) is 9.57. The second kappa shape index (κ2) is 10.8. The molecule has 0 aliphatic heterocycles. The van der Waals surface area contributed by atoms with Crippen LogP contribution in [0.5, 0.6) is 5.75 Å². The monoisotopic (exact) mass is 494 g/mol. The Bertz CT molecular complexity index is 1240. The lowest BCUT2D eigenvalue weighted by atomic mass is 10.1. The van der Waals surface area contributed by atoms with E-state index in [1.54, 1.807) is 0 Å². The summed E-state index contributed by atoms with van der Waals surface area (Å²) in [4.78, 5) is 12.1. The van der Waals surface area contributed by atoms with Crippen LogP contribution in [0, 0.1) is 0 Å². The van der Waals surface area contributed by atoms with Crippen molar-refractivity contribution in [1.82, 2.24) is 5.32 Å². The van der Waals surface area contributed by atoms with Crippen LogP contribution in [0.2, 0.25) is 0 Å². The van der Waals surface area contributed by atoms with Crippen LogP contribution in [0.25, 0.3) is 10.8 Å². The van der Waals surface area contributed by atoms with Crippen LogP contribution < -0.4 is 14.4 Å². The minimum atomic E-state index is -4.59. The first-order chi connectivity index (χ1) is 16.1. The molecule has 0 radical (unpaired) electrons. The molecule has 0 saturated heterocycles. The number of amides is 1. The Morgan fingerprint density at radius 1 is 1.03 bits per heavy atom. The van der Waals surface area contributed by atoms with Crippen LogP contribution in [0.1, 0.15) is 18.4 Å². The van der Waals surface area contributed by atoms with Crippen molar-refractivity contribution < 1.29 is 31.1 Å². The summed E-state index contributed by atoms with van der Waals surface area (Å²) in [6, 6.07) is 17.6. The van der Waals surface area contributed by atoms with Gasteiger partial charge in [0.25, 0.3) is 0 Å². The SMILES string of the molecule is CS(=O)(=O)N(CCCC(=O)NCCOc1cccc2ccccc12)c1cccc(C(F)(F)F)c1. The molecule has 182 valence electrons. The molecule has 0 aliphatic rings. The van der Waals surface area contributed by atoms with Gasteiger partial charge in [-0.3, -0.25) is 9.10 Å². The van der Waals surface area contributed by atoms with Gasteiger partial charge in [0.15, 0.2) is 0 Å². The van der Waals surface area contributed by atoms with Crippen LogP contribution in [0.15, 0.2) is 66.7 Å². The van der Waals surface area contributed by atoms with E-state index in [0.29, 0.717) is 5.75 Å². The highest BCUT2D eigenvalue weighted by Crippen LogP contribution is 2.32. The third kappa shape index (κ3) is 6.86. The number of benzene rings is 3. The summed E-state index contributed by atoms with van der Waals surface area (Å²) in [6.45, 7) is 0.380.